The van der Waals surface area contributed by atoms with E-state index in [2.05, 4.69) is 46.9 Å². The molecule has 0 aromatic rings. The fourth-order valence-corrected chi connectivity index (χ4v) is 6.73. The Bertz CT molecular complexity index is 564. The molecule has 5 heteroatoms. The highest BCUT2D eigenvalue weighted by Gasteiger charge is 2.75. The second-order valence-electron chi connectivity index (χ2n) is 10.5. The number of hydrogen-bond acceptors (Lipinski definition) is 3. The molecule has 1 heterocycles. The van der Waals surface area contributed by atoms with Crippen LogP contribution in [0.1, 0.15) is 66.2 Å². The molecular formula is C22H39ClO3Si. The minimum atomic E-state index is -1.83. The van der Waals surface area contributed by atoms with Crippen LogP contribution in [0.15, 0.2) is 11.6 Å². The summed E-state index contributed by atoms with van der Waals surface area (Å²) in [6.07, 6.45) is 8.97. The summed E-state index contributed by atoms with van der Waals surface area (Å²) in [5.41, 5.74) is 1.56. The maximum Gasteiger partial charge on any atom is 0.192 e. The molecule has 3 aliphatic rings. The van der Waals surface area contributed by atoms with Crippen LogP contribution in [-0.2, 0) is 13.9 Å². The fourth-order valence-electron chi connectivity index (χ4n) is 4.64. The number of halogens is 1. The molecule has 0 aromatic carbocycles. The fraction of sp³-hybridized carbons (Fsp3) is 0.909. The molecule has 3 rings (SSSR count). The van der Waals surface area contributed by atoms with E-state index in [1.165, 1.54) is 18.4 Å². The molecule has 2 aliphatic carbocycles. The average Bonchev–Trinajstić information content (AvgIpc) is 3.12. The lowest BCUT2D eigenvalue weighted by Gasteiger charge is -2.41. The van der Waals surface area contributed by atoms with Gasteiger partial charge in [-0.3, -0.25) is 0 Å². The van der Waals surface area contributed by atoms with Gasteiger partial charge in [-0.15, -0.1) is 11.6 Å². The zero-order chi connectivity index (χ0) is 19.9. The first-order valence-corrected chi connectivity index (χ1v) is 14.2. The Morgan fingerprint density at radius 3 is 2.63 bits per heavy atom. The normalized spacial score (nSPS) is 36.9. The second kappa shape index (κ2) is 7.75. The first-order valence-electron chi connectivity index (χ1n) is 10.7. The van der Waals surface area contributed by atoms with Gasteiger partial charge in [0.25, 0.3) is 0 Å². The van der Waals surface area contributed by atoms with Gasteiger partial charge in [-0.25, -0.2) is 0 Å². The molecule has 3 nitrogen and oxygen atoms in total. The van der Waals surface area contributed by atoms with Crippen molar-refractivity contribution >= 4 is 19.9 Å². The Morgan fingerprint density at radius 2 is 2.04 bits per heavy atom. The highest BCUT2D eigenvalue weighted by molar-refractivity contribution is 6.74. The molecule has 1 saturated heterocycles. The number of alkyl halides is 1. The molecule has 0 bridgehead atoms. The van der Waals surface area contributed by atoms with Crippen molar-refractivity contribution in [2.45, 2.75) is 96.2 Å². The van der Waals surface area contributed by atoms with Crippen LogP contribution in [-0.4, -0.2) is 39.3 Å². The summed E-state index contributed by atoms with van der Waals surface area (Å²) in [7, 11) is -1.83. The van der Waals surface area contributed by atoms with Crippen molar-refractivity contribution in [2.75, 3.05) is 19.1 Å². The standard InChI is InChI=1S/C22H39ClO3Si/c1-20(2,3)27(5,6)26-22-12-10-17(15-18(22)21(22,4)16-23)11-14-25-19-9-7-8-13-24-19/h10,18-19H,7-9,11-16H2,1-6H3/t18-,19?,21+,22+/m0/s1. The highest BCUT2D eigenvalue weighted by Crippen LogP contribution is 2.72. The molecule has 0 aromatic heterocycles. The minimum absolute atomic E-state index is 0.0120. The average molecular weight is 415 g/mol. The smallest absolute Gasteiger partial charge is 0.192 e. The Morgan fingerprint density at radius 1 is 1.30 bits per heavy atom. The zero-order valence-electron chi connectivity index (χ0n) is 18.2. The third kappa shape index (κ3) is 4.07. The van der Waals surface area contributed by atoms with Gasteiger partial charge in [0.2, 0.25) is 0 Å². The lowest BCUT2D eigenvalue weighted by molar-refractivity contribution is -0.161. The summed E-state index contributed by atoms with van der Waals surface area (Å²) in [5.74, 6) is 1.22. The van der Waals surface area contributed by atoms with Gasteiger partial charge in [0.05, 0.1) is 12.2 Å². The Kier molecular flexibility index (Phi) is 6.27. The first-order chi connectivity index (χ1) is 12.6. The van der Waals surface area contributed by atoms with Crippen molar-refractivity contribution in [2.24, 2.45) is 11.3 Å². The van der Waals surface area contributed by atoms with Crippen LogP contribution < -0.4 is 0 Å². The van der Waals surface area contributed by atoms with Crippen molar-refractivity contribution < 1.29 is 13.9 Å². The predicted octanol–water partition coefficient (Wildman–Crippen LogP) is 6.28. The monoisotopic (exact) mass is 414 g/mol. The van der Waals surface area contributed by atoms with E-state index in [0.717, 1.165) is 38.9 Å². The zero-order valence-corrected chi connectivity index (χ0v) is 20.0. The van der Waals surface area contributed by atoms with Gasteiger partial charge in [-0.05, 0) is 56.7 Å². The van der Waals surface area contributed by atoms with Crippen LogP contribution >= 0.6 is 11.6 Å². The van der Waals surface area contributed by atoms with Gasteiger partial charge in [-0.2, -0.15) is 0 Å². The molecule has 0 spiro atoms. The van der Waals surface area contributed by atoms with E-state index < -0.39 is 8.32 Å². The van der Waals surface area contributed by atoms with Gasteiger partial charge < -0.3 is 13.9 Å². The lowest BCUT2D eigenvalue weighted by Crippen LogP contribution is -2.47. The summed E-state index contributed by atoms with van der Waals surface area (Å²) < 4.78 is 18.6. The molecule has 2 fully saturated rings. The van der Waals surface area contributed by atoms with E-state index >= 15 is 0 Å². The second-order valence-corrected chi connectivity index (χ2v) is 15.5. The third-order valence-corrected chi connectivity index (χ3v) is 12.8. The Hall–Kier alpha value is 0.127. The van der Waals surface area contributed by atoms with Gasteiger partial charge in [-0.1, -0.05) is 39.3 Å². The quantitative estimate of drug-likeness (QED) is 0.279. The molecule has 0 N–H and O–H groups in total. The summed E-state index contributed by atoms with van der Waals surface area (Å²) in [5, 5.41) is 0.222. The topological polar surface area (TPSA) is 27.7 Å². The predicted molar refractivity (Wildman–Crippen MR) is 115 cm³/mol. The van der Waals surface area contributed by atoms with E-state index in [1.54, 1.807) is 0 Å². The van der Waals surface area contributed by atoms with Crippen molar-refractivity contribution in [1.82, 2.24) is 0 Å². The first kappa shape index (κ1) is 21.8. The van der Waals surface area contributed by atoms with E-state index in [0.29, 0.717) is 11.8 Å². The minimum Gasteiger partial charge on any atom is -0.410 e. The molecule has 1 unspecified atom stereocenters. The Balaban J connectivity index is 1.60. The van der Waals surface area contributed by atoms with Gasteiger partial charge >= 0.3 is 0 Å². The van der Waals surface area contributed by atoms with Gasteiger partial charge in [0.1, 0.15) is 0 Å². The molecular weight excluding hydrogens is 376 g/mol. The van der Waals surface area contributed by atoms with E-state index in [4.69, 9.17) is 25.5 Å². The maximum atomic E-state index is 7.02. The van der Waals surface area contributed by atoms with E-state index in [1.807, 2.05) is 0 Å². The van der Waals surface area contributed by atoms with Crippen LogP contribution in [0.4, 0.5) is 0 Å². The molecule has 27 heavy (non-hydrogen) atoms. The summed E-state index contributed by atoms with van der Waals surface area (Å²) in [4.78, 5) is 0. The largest absolute Gasteiger partial charge is 0.410 e. The third-order valence-electron chi connectivity index (χ3n) is 7.76. The Labute approximate surface area is 172 Å². The molecule has 1 saturated carbocycles. The molecule has 156 valence electrons. The summed E-state index contributed by atoms with van der Waals surface area (Å²) in [6, 6.07) is 0. The molecule has 0 amide bonds. The SMILES string of the molecule is CC(C)(C)[Si](C)(C)O[C@]12CC=C(CCOC3CCCCO3)C[C@H]1[C@@]2(C)CCl. The number of ether oxygens (including phenoxy) is 2. The molecule has 0 radical (unpaired) electrons. The summed E-state index contributed by atoms with van der Waals surface area (Å²) in [6.45, 7) is 15.6. The lowest BCUT2D eigenvalue weighted by atomic mass is 9.95. The van der Waals surface area contributed by atoms with Crippen molar-refractivity contribution in [3.63, 3.8) is 0 Å². The van der Waals surface area contributed by atoms with Gasteiger partial charge in [0, 0.05) is 23.8 Å². The van der Waals surface area contributed by atoms with Crippen LogP contribution in [0.2, 0.25) is 18.1 Å². The van der Waals surface area contributed by atoms with Crippen LogP contribution in [0.3, 0.4) is 0 Å². The number of fused-ring (bicyclic) bond motifs is 1. The number of rotatable bonds is 7. The maximum absolute atomic E-state index is 7.02. The van der Waals surface area contributed by atoms with Crippen molar-refractivity contribution in [3.8, 4) is 0 Å². The van der Waals surface area contributed by atoms with Crippen molar-refractivity contribution in [1.29, 1.82) is 0 Å². The van der Waals surface area contributed by atoms with E-state index in [9.17, 15) is 0 Å². The van der Waals surface area contributed by atoms with Crippen molar-refractivity contribution in [3.05, 3.63) is 11.6 Å². The van der Waals surface area contributed by atoms with Crippen LogP contribution in [0, 0.1) is 11.3 Å². The highest BCUT2D eigenvalue weighted by atomic mass is 35.5. The molecule has 4 atom stereocenters. The van der Waals surface area contributed by atoms with Crippen LogP contribution in [0.5, 0.6) is 0 Å². The molecule has 1 aliphatic heterocycles. The summed E-state index contributed by atoms with van der Waals surface area (Å²) >= 11 is 6.47. The van der Waals surface area contributed by atoms with Gasteiger partial charge in [0.15, 0.2) is 14.6 Å². The van der Waals surface area contributed by atoms with Crippen LogP contribution in [0.25, 0.3) is 0 Å². The van der Waals surface area contributed by atoms with E-state index in [-0.39, 0.29) is 22.3 Å². The number of hydrogen-bond donors (Lipinski definition) is 0.